The van der Waals surface area contributed by atoms with E-state index in [0.29, 0.717) is 24.0 Å². The second-order valence-electron chi connectivity index (χ2n) is 15.8. The van der Waals surface area contributed by atoms with E-state index in [2.05, 4.69) is 32.7 Å². The first-order valence-electron chi connectivity index (χ1n) is 18.1. The summed E-state index contributed by atoms with van der Waals surface area (Å²) >= 11 is 0. The number of rotatable bonds is 9. The van der Waals surface area contributed by atoms with Crippen LogP contribution in [0.2, 0.25) is 0 Å². The Morgan fingerprint density at radius 1 is 0.696 bits per heavy atom. The summed E-state index contributed by atoms with van der Waals surface area (Å²) in [6.07, 6.45) is 3.69. The van der Waals surface area contributed by atoms with E-state index in [9.17, 15) is 24.3 Å². The van der Waals surface area contributed by atoms with Crippen molar-refractivity contribution in [1.29, 1.82) is 0 Å². The van der Waals surface area contributed by atoms with Crippen molar-refractivity contribution in [3.8, 4) is 0 Å². The molecular weight excluding hydrogens is 711 g/mol. The minimum Gasteiger partial charge on any atom is -0.444 e. The van der Waals surface area contributed by atoms with E-state index in [1.807, 2.05) is 71.3 Å². The number of aliphatic hydroxyl groups is 1. The number of nitrogens with zero attached hydrogens (tertiary/aromatic N) is 1. The number of carbonyl (C=O) groups is 4. The van der Waals surface area contributed by atoms with Gasteiger partial charge >= 0.3 is 12.2 Å². The van der Waals surface area contributed by atoms with E-state index in [0.717, 1.165) is 38.5 Å². The first-order valence-corrected chi connectivity index (χ1v) is 18.1. The molecule has 3 aromatic carbocycles. The first kappa shape index (κ1) is 44.8. The second-order valence-corrected chi connectivity index (χ2v) is 15.8. The van der Waals surface area contributed by atoms with Gasteiger partial charge in [0.1, 0.15) is 11.2 Å². The van der Waals surface area contributed by atoms with Crippen LogP contribution in [0.1, 0.15) is 99.4 Å². The van der Waals surface area contributed by atoms with E-state index < -0.39 is 29.4 Å². The summed E-state index contributed by atoms with van der Waals surface area (Å²) in [4.78, 5) is 57.8. The fourth-order valence-electron chi connectivity index (χ4n) is 6.35. The number of aromatic nitrogens is 2. The average Bonchev–Trinajstić information content (AvgIpc) is 3.73. The normalized spacial score (nSPS) is 13.5. The number of fused-ring (bicyclic) bond motifs is 3. The van der Waals surface area contributed by atoms with Gasteiger partial charge in [0, 0.05) is 34.2 Å². The van der Waals surface area contributed by atoms with E-state index in [-0.39, 0.29) is 45.9 Å². The molecule has 12 nitrogen and oxygen atoms in total. The summed E-state index contributed by atoms with van der Waals surface area (Å²) in [5.74, 6) is -0.701. The maximum absolute atomic E-state index is 12.9. The zero-order chi connectivity index (χ0) is 39.4. The van der Waals surface area contributed by atoms with E-state index in [1.54, 1.807) is 45.0 Å². The number of ether oxygens (including phenoxy) is 2. The highest BCUT2D eigenvalue weighted by Gasteiger charge is 2.37. The zero-order valence-electron chi connectivity index (χ0n) is 32.3. The van der Waals surface area contributed by atoms with E-state index in [1.165, 1.54) is 10.5 Å². The van der Waals surface area contributed by atoms with Gasteiger partial charge in [0.15, 0.2) is 0 Å². The third kappa shape index (κ3) is 11.5. The van der Waals surface area contributed by atoms with Crippen molar-refractivity contribution in [2.45, 2.75) is 106 Å². The number of aliphatic hydroxyl groups excluding tert-OH is 1. The van der Waals surface area contributed by atoms with Crippen molar-refractivity contribution in [3.05, 3.63) is 106 Å². The highest BCUT2D eigenvalue weighted by molar-refractivity contribution is 6.21. The number of hydrogen-bond donors (Lipinski definition) is 5. The fourth-order valence-corrected chi connectivity index (χ4v) is 6.35. The molecule has 0 bridgehead atoms. The molecule has 1 aliphatic rings. The summed E-state index contributed by atoms with van der Waals surface area (Å²) in [5.41, 5.74) is 5.94. The van der Waals surface area contributed by atoms with Gasteiger partial charge in [0.05, 0.1) is 36.4 Å². The third-order valence-electron chi connectivity index (χ3n) is 8.72. The lowest BCUT2D eigenvalue weighted by molar-refractivity contribution is 0.0466. The number of imide groups is 1. The molecule has 5 N–H and O–H groups in total. The predicted octanol–water partition coefficient (Wildman–Crippen LogP) is 8.38. The highest BCUT2D eigenvalue weighted by Crippen LogP contribution is 2.26. The Bertz CT molecular complexity index is 2120. The van der Waals surface area contributed by atoms with Gasteiger partial charge < -0.3 is 35.2 Å². The van der Waals surface area contributed by atoms with Crippen molar-refractivity contribution in [1.82, 2.24) is 25.5 Å². The van der Waals surface area contributed by atoms with Gasteiger partial charge in [0.2, 0.25) is 0 Å². The van der Waals surface area contributed by atoms with Crippen LogP contribution in [-0.2, 0) is 22.3 Å². The van der Waals surface area contributed by atoms with Crippen molar-refractivity contribution >= 4 is 45.8 Å². The monoisotopic (exact) mass is 769 g/mol. The van der Waals surface area contributed by atoms with Crippen LogP contribution < -0.4 is 10.6 Å². The van der Waals surface area contributed by atoms with Crippen LogP contribution in [0.25, 0.3) is 21.8 Å². The average molecular weight is 770 g/mol. The highest BCUT2D eigenvalue weighted by atomic mass is 16.6. The number of carbonyl (C=O) groups excluding carboxylic acids is 4. The minimum absolute atomic E-state index is 0. The van der Waals surface area contributed by atoms with Gasteiger partial charge in [-0.15, -0.1) is 0 Å². The molecule has 0 radical (unpaired) electrons. The van der Waals surface area contributed by atoms with E-state index >= 15 is 0 Å². The Balaban J connectivity index is 0.000000310. The summed E-state index contributed by atoms with van der Waals surface area (Å²) in [5, 5.41) is 17.3. The summed E-state index contributed by atoms with van der Waals surface area (Å²) < 4.78 is 10.7. The Morgan fingerprint density at radius 2 is 1.11 bits per heavy atom. The number of amides is 4. The summed E-state index contributed by atoms with van der Waals surface area (Å²) in [6, 6.07) is 18.2. The maximum atomic E-state index is 12.9. The summed E-state index contributed by atoms with van der Waals surface area (Å²) in [7, 11) is 0. The molecule has 12 heteroatoms. The van der Waals surface area contributed by atoms with Crippen molar-refractivity contribution in [3.63, 3.8) is 0 Å². The van der Waals surface area contributed by atoms with Crippen molar-refractivity contribution in [2.24, 2.45) is 0 Å². The van der Waals surface area contributed by atoms with Gasteiger partial charge in [-0.05, 0) is 116 Å². The van der Waals surface area contributed by atoms with Crippen molar-refractivity contribution in [2.75, 3.05) is 13.2 Å². The Labute approximate surface area is 330 Å². The predicted molar refractivity (Wildman–Crippen MR) is 222 cm³/mol. The molecule has 4 amide bonds. The smallest absolute Gasteiger partial charge is 0.407 e. The fraction of sp³-hybridized carbons (Fsp3) is 0.409. The van der Waals surface area contributed by atoms with Crippen LogP contribution in [0.5, 0.6) is 0 Å². The molecule has 0 fully saturated rings. The molecule has 0 saturated carbocycles. The quantitative estimate of drug-likeness (QED) is 0.0940. The molecule has 302 valence electrons. The number of hydrogen-bond acceptors (Lipinski definition) is 7. The van der Waals surface area contributed by atoms with E-state index in [4.69, 9.17) is 9.47 Å². The number of nitrogens with one attached hydrogen (secondary N) is 4. The van der Waals surface area contributed by atoms with Crippen LogP contribution in [0.3, 0.4) is 0 Å². The van der Waals surface area contributed by atoms with Crippen LogP contribution in [0.15, 0.2) is 73.1 Å². The SMILES string of the molecule is C.C.Cc1ccc2[nH]cc(C[C@@H](CN3C(=O)c4ccccc4C3=O)NC(=O)OC(C)(C)C)c2c1.Cc1ccc2[nH]cc(C[C@@H](CO)NC(=O)OC(C)(C)C)c2c1. The molecule has 6 rings (SSSR count). The standard InChI is InChI=1S/C25H27N3O4.C17H24N2O3.2CH4/c1-15-9-10-21-20(11-15)16(13-26-21)12-17(27-24(31)32-25(2,3)4)14-28-22(29)18-7-5-6-8-19(18)23(28)30;1-11-5-6-15-14(7-11)12(9-18-15)8-13(10-20)19-16(21)22-17(2,3)4;;/h5-11,13,17,26H,12,14H2,1-4H3,(H,27,31);5-7,9,13,18,20H,8,10H2,1-4H3,(H,19,21);2*1H4/t17-;13-;;/m00../s1. The molecule has 0 spiro atoms. The van der Waals surface area contributed by atoms with Crippen LogP contribution in [0.4, 0.5) is 9.59 Å². The minimum atomic E-state index is -0.665. The topological polar surface area (TPSA) is 166 Å². The molecule has 5 aromatic rings. The Kier molecular flexibility index (Phi) is 14.7. The Hall–Kier alpha value is -5.62. The molecule has 1 aliphatic heterocycles. The Morgan fingerprint density at radius 3 is 1.52 bits per heavy atom. The number of H-pyrrole nitrogens is 2. The number of aryl methyl sites for hydroxylation is 2. The number of benzene rings is 3. The molecule has 0 unspecified atom stereocenters. The molecule has 0 saturated heterocycles. The van der Waals surface area contributed by atoms with Crippen LogP contribution in [-0.4, -0.2) is 80.4 Å². The van der Waals surface area contributed by atoms with Crippen LogP contribution in [0, 0.1) is 13.8 Å². The number of aromatic amines is 2. The molecule has 2 atom stereocenters. The molecule has 56 heavy (non-hydrogen) atoms. The van der Waals surface area contributed by atoms with Gasteiger partial charge in [0.25, 0.3) is 11.8 Å². The van der Waals surface area contributed by atoms with Crippen molar-refractivity contribution < 1.29 is 33.8 Å². The lowest BCUT2D eigenvalue weighted by atomic mass is 10.0. The molecule has 0 aliphatic carbocycles. The first-order chi connectivity index (χ1) is 25.4. The largest absolute Gasteiger partial charge is 0.444 e. The maximum Gasteiger partial charge on any atom is 0.407 e. The summed E-state index contributed by atoms with van der Waals surface area (Å²) in [6.45, 7) is 14.7. The lowest BCUT2D eigenvalue weighted by Gasteiger charge is -2.26. The third-order valence-corrected chi connectivity index (χ3v) is 8.72. The zero-order valence-corrected chi connectivity index (χ0v) is 32.3. The lowest BCUT2D eigenvalue weighted by Crippen LogP contribution is -2.48. The molecule has 2 aromatic heterocycles. The van der Waals surface area contributed by atoms with Crippen LogP contribution >= 0.6 is 0 Å². The molecule has 3 heterocycles. The van der Waals surface area contributed by atoms with Gasteiger partial charge in [-0.3, -0.25) is 14.5 Å². The van der Waals surface area contributed by atoms with Gasteiger partial charge in [-0.2, -0.15) is 0 Å². The number of alkyl carbamates (subject to hydrolysis) is 2. The van der Waals surface area contributed by atoms with Gasteiger partial charge in [-0.1, -0.05) is 50.2 Å². The van der Waals surface area contributed by atoms with Gasteiger partial charge in [-0.25, -0.2) is 9.59 Å². The molecular formula is C44H59N5O7. The second kappa shape index (κ2) is 18.3.